The summed E-state index contributed by atoms with van der Waals surface area (Å²) in [6, 6.07) is 7.47. The van der Waals surface area contributed by atoms with Gasteiger partial charge in [-0.05, 0) is 63.8 Å². The van der Waals surface area contributed by atoms with E-state index in [0.29, 0.717) is 36.1 Å². The molecule has 1 aliphatic heterocycles. The highest BCUT2D eigenvalue weighted by Gasteiger charge is 2.33. The summed E-state index contributed by atoms with van der Waals surface area (Å²) in [5.74, 6) is 0.359. The third-order valence-electron chi connectivity index (χ3n) is 6.48. The number of aromatic nitrogens is 1. The highest BCUT2D eigenvalue weighted by molar-refractivity contribution is 5.99. The molecule has 1 aromatic carbocycles. The highest BCUT2D eigenvalue weighted by Crippen LogP contribution is 2.32. The van der Waals surface area contributed by atoms with Gasteiger partial charge in [0.05, 0.1) is 5.69 Å². The molecular formula is C25H34N4O3. The lowest BCUT2D eigenvalue weighted by molar-refractivity contribution is 0.0715. The van der Waals surface area contributed by atoms with Crippen LogP contribution in [0.15, 0.2) is 34.9 Å². The maximum absolute atomic E-state index is 13.2. The number of likely N-dealkylation sites (tertiary alicyclic amines) is 1. The quantitative estimate of drug-likeness (QED) is 0.608. The van der Waals surface area contributed by atoms with Crippen LogP contribution in [0.3, 0.4) is 0 Å². The van der Waals surface area contributed by atoms with Crippen molar-refractivity contribution in [3.8, 4) is 0 Å². The van der Waals surface area contributed by atoms with Crippen molar-refractivity contribution in [3.63, 3.8) is 0 Å². The summed E-state index contributed by atoms with van der Waals surface area (Å²) >= 11 is 0. The molecule has 7 nitrogen and oxygen atoms in total. The maximum Gasteiger partial charge on any atom is 0.254 e. The minimum Gasteiger partial charge on any atom is -0.446 e. The predicted molar refractivity (Wildman–Crippen MR) is 123 cm³/mol. The number of benzene rings is 1. The van der Waals surface area contributed by atoms with Crippen LogP contribution < -0.4 is 10.6 Å². The third kappa shape index (κ3) is 5.57. The monoisotopic (exact) mass is 438 g/mol. The molecule has 7 heteroatoms. The van der Waals surface area contributed by atoms with E-state index in [9.17, 15) is 9.59 Å². The van der Waals surface area contributed by atoms with Gasteiger partial charge < -0.3 is 20.0 Å². The summed E-state index contributed by atoms with van der Waals surface area (Å²) < 4.78 is 5.55. The van der Waals surface area contributed by atoms with Crippen LogP contribution in [0, 0.1) is 6.92 Å². The largest absolute Gasteiger partial charge is 0.446 e. The Morgan fingerprint density at radius 2 is 1.91 bits per heavy atom. The molecule has 0 radical (unpaired) electrons. The number of amides is 2. The molecule has 2 heterocycles. The average molecular weight is 439 g/mol. The highest BCUT2D eigenvalue weighted by atomic mass is 16.3. The zero-order chi connectivity index (χ0) is 22.3. The second-order valence-electron chi connectivity index (χ2n) is 8.96. The van der Waals surface area contributed by atoms with E-state index in [1.807, 2.05) is 6.92 Å². The molecule has 2 aliphatic rings. The number of carbonyl (C=O) groups is 2. The summed E-state index contributed by atoms with van der Waals surface area (Å²) in [7, 11) is 0. The zero-order valence-electron chi connectivity index (χ0n) is 18.9. The summed E-state index contributed by atoms with van der Waals surface area (Å²) in [5, 5.41) is 6.58. The SMILES string of the molecule is Cc1coc(C2CCCN2C(=O)c2cccc(C(=O)NCCCNC3CCCCC3)c2)n1. The van der Waals surface area contributed by atoms with E-state index in [2.05, 4.69) is 15.6 Å². The summed E-state index contributed by atoms with van der Waals surface area (Å²) in [6.45, 7) is 4.08. The van der Waals surface area contributed by atoms with Crippen LogP contribution in [0.25, 0.3) is 0 Å². The topological polar surface area (TPSA) is 87.5 Å². The van der Waals surface area contributed by atoms with Gasteiger partial charge in [-0.15, -0.1) is 0 Å². The van der Waals surface area contributed by atoms with Crippen LogP contribution in [-0.2, 0) is 0 Å². The summed E-state index contributed by atoms with van der Waals surface area (Å²) in [5.41, 5.74) is 1.84. The van der Waals surface area contributed by atoms with E-state index in [4.69, 9.17) is 4.42 Å². The minimum atomic E-state index is -0.148. The number of aryl methyl sites for hydroxylation is 1. The fourth-order valence-corrected chi connectivity index (χ4v) is 4.76. The van der Waals surface area contributed by atoms with Crippen molar-refractivity contribution in [2.24, 2.45) is 0 Å². The lowest BCUT2D eigenvalue weighted by Gasteiger charge is -2.23. The van der Waals surface area contributed by atoms with Crippen molar-refractivity contribution < 1.29 is 14.0 Å². The number of hydrogen-bond acceptors (Lipinski definition) is 5. The second-order valence-corrected chi connectivity index (χ2v) is 8.96. The van der Waals surface area contributed by atoms with Gasteiger partial charge in [-0.2, -0.15) is 0 Å². The maximum atomic E-state index is 13.2. The molecule has 1 aliphatic carbocycles. The van der Waals surface area contributed by atoms with Crippen LogP contribution in [0.4, 0.5) is 0 Å². The van der Waals surface area contributed by atoms with Gasteiger partial charge in [0, 0.05) is 30.3 Å². The first-order valence-electron chi connectivity index (χ1n) is 12.0. The van der Waals surface area contributed by atoms with Gasteiger partial charge in [-0.25, -0.2) is 4.98 Å². The number of nitrogens with zero attached hydrogens (tertiary/aromatic N) is 2. The molecule has 1 saturated carbocycles. The fourth-order valence-electron chi connectivity index (χ4n) is 4.76. The molecule has 2 aromatic rings. The van der Waals surface area contributed by atoms with Crippen LogP contribution >= 0.6 is 0 Å². The smallest absolute Gasteiger partial charge is 0.254 e. The van der Waals surface area contributed by atoms with Gasteiger partial charge in [0.15, 0.2) is 0 Å². The molecule has 1 atom stereocenters. The molecule has 1 saturated heterocycles. The summed E-state index contributed by atoms with van der Waals surface area (Å²) in [6.07, 6.45) is 10.8. The predicted octanol–water partition coefficient (Wildman–Crippen LogP) is 4.00. The number of rotatable bonds is 8. The van der Waals surface area contributed by atoms with Gasteiger partial charge in [0.25, 0.3) is 11.8 Å². The Kier molecular flexibility index (Phi) is 7.58. The first-order chi connectivity index (χ1) is 15.6. The lowest BCUT2D eigenvalue weighted by atomic mass is 9.95. The van der Waals surface area contributed by atoms with E-state index in [1.54, 1.807) is 35.4 Å². The molecule has 1 aromatic heterocycles. The molecule has 2 amide bonds. The van der Waals surface area contributed by atoms with E-state index >= 15 is 0 Å². The Labute approximate surface area is 190 Å². The molecule has 4 rings (SSSR count). The van der Waals surface area contributed by atoms with Gasteiger partial charge in [0.1, 0.15) is 12.3 Å². The normalized spacial score (nSPS) is 19.3. The van der Waals surface area contributed by atoms with Crippen LogP contribution in [-0.4, -0.2) is 47.4 Å². The van der Waals surface area contributed by atoms with Crippen LogP contribution in [0.2, 0.25) is 0 Å². The first kappa shape index (κ1) is 22.5. The standard InChI is InChI=1S/C25H34N4O3/c1-18-17-32-24(28-18)22-12-6-15-29(22)25(31)20-9-5-8-19(16-20)23(30)27-14-7-13-26-21-10-3-2-4-11-21/h5,8-9,16-17,21-22,26H,2-4,6-7,10-15H2,1H3,(H,27,30). The Balaban J connectivity index is 1.29. The lowest BCUT2D eigenvalue weighted by Crippen LogP contribution is -2.34. The Morgan fingerprint density at radius 1 is 1.09 bits per heavy atom. The minimum absolute atomic E-state index is 0.0883. The third-order valence-corrected chi connectivity index (χ3v) is 6.48. The van der Waals surface area contributed by atoms with E-state index in [1.165, 1.54) is 32.1 Å². The van der Waals surface area contributed by atoms with E-state index in [-0.39, 0.29) is 17.9 Å². The molecule has 0 spiro atoms. The Hall–Kier alpha value is -2.67. The van der Waals surface area contributed by atoms with E-state index < -0.39 is 0 Å². The first-order valence-corrected chi connectivity index (χ1v) is 12.0. The number of carbonyl (C=O) groups excluding carboxylic acids is 2. The molecule has 2 N–H and O–H groups in total. The van der Waals surface area contributed by atoms with Crippen molar-refractivity contribution in [3.05, 3.63) is 53.2 Å². The van der Waals surface area contributed by atoms with Gasteiger partial charge in [-0.1, -0.05) is 25.3 Å². The molecular weight excluding hydrogens is 404 g/mol. The van der Waals surface area contributed by atoms with Gasteiger partial charge in [0.2, 0.25) is 5.89 Å². The zero-order valence-corrected chi connectivity index (χ0v) is 18.9. The molecule has 1 unspecified atom stereocenters. The number of hydrogen-bond donors (Lipinski definition) is 2. The van der Waals surface area contributed by atoms with E-state index in [0.717, 1.165) is 31.5 Å². The van der Waals surface area contributed by atoms with Crippen molar-refractivity contribution in [1.29, 1.82) is 0 Å². The molecule has 0 bridgehead atoms. The number of oxazole rings is 1. The van der Waals surface area contributed by atoms with Crippen molar-refractivity contribution in [1.82, 2.24) is 20.5 Å². The Bertz CT molecular complexity index is 919. The molecule has 32 heavy (non-hydrogen) atoms. The molecule has 172 valence electrons. The van der Waals surface area contributed by atoms with Crippen molar-refractivity contribution >= 4 is 11.8 Å². The second kappa shape index (κ2) is 10.8. The van der Waals surface area contributed by atoms with Gasteiger partial charge >= 0.3 is 0 Å². The van der Waals surface area contributed by atoms with Crippen molar-refractivity contribution in [2.75, 3.05) is 19.6 Å². The van der Waals surface area contributed by atoms with Crippen LogP contribution in [0.5, 0.6) is 0 Å². The van der Waals surface area contributed by atoms with Gasteiger partial charge in [-0.3, -0.25) is 9.59 Å². The average Bonchev–Trinajstić information content (AvgIpc) is 3.48. The van der Waals surface area contributed by atoms with Crippen LogP contribution in [0.1, 0.15) is 89.7 Å². The molecule has 2 fully saturated rings. The number of nitrogens with one attached hydrogen (secondary N) is 2. The summed E-state index contributed by atoms with van der Waals surface area (Å²) in [4.78, 5) is 32.0. The van der Waals surface area contributed by atoms with Crippen molar-refractivity contribution in [2.45, 2.75) is 70.4 Å². The Morgan fingerprint density at radius 3 is 2.69 bits per heavy atom. The fraction of sp³-hybridized carbons (Fsp3) is 0.560.